The first-order chi connectivity index (χ1) is 9.80. The normalized spacial score (nSPS) is 26.5. The molecule has 5 N–H and O–H groups in total. The van der Waals surface area contributed by atoms with Crippen molar-refractivity contribution >= 4 is 5.97 Å². The number of carbonyl (C=O) groups is 1. The Hall–Kier alpha value is -1.35. The first-order valence-electron chi connectivity index (χ1n) is 6.78. The predicted octanol–water partition coefficient (Wildman–Crippen LogP) is -0.689. The van der Waals surface area contributed by atoms with Gasteiger partial charge in [-0.05, 0) is 19.8 Å². The number of hydrogen-bond acceptors (Lipinski definition) is 8. The topological polar surface area (TPSA) is 137 Å². The van der Waals surface area contributed by atoms with Gasteiger partial charge in [-0.3, -0.25) is 0 Å². The average molecular weight is 306 g/mol. The summed E-state index contributed by atoms with van der Waals surface area (Å²) in [4.78, 5) is 11.6. The lowest BCUT2D eigenvalue weighted by molar-refractivity contribution is -0.184. The molecule has 1 aliphatic rings. The Morgan fingerprint density at radius 1 is 1.33 bits per heavy atom. The molecule has 122 valence electrons. The van der Waals surface area contributed by atoms with Crippen molar-refractivity contribution in [2.45, 2.75) is 57.2 Å². The van der Waals surface area contributed by atoms with Crippen molar-refractivity contribution in [3.8, 4) is 0 Å². The summed E-state index contributed by atoms with van der Waals surface area (Å²) >= 11 is 0. The van der Waals surface area contributed by atoms with Crippen LogP contribution in [0, 0.1) is 0 Å². The second-order valence-corrected chi connectivity index (χ2v) is 5.01. The Morgan fingerprint density at radius 2 is 1.95 bits per heavy atom. The third-order valence-corrected chi connectivity index (χ3v) is 3.33. The van der Waals surface area contributed by atoms with E-state index in [1.807, 2.05) is 6.92 Å². The Balaban J connectivity index is 3.17. The maximum absolute atomic E-state index is 11.6. The molecule has 1 heterocycles. The van der Waals surface area contributed by atoms with Crippen molar-refractivity contribution in [1.29, 1.82) is 0 Å². The van der Waals surface area contributed by atoms with Gasteiger partial charge in [0.05, 0.1) is 6.61 Å². The molecular weight excluding hydrogens is 284 g/mol. The number of ether oxygens (including phenoxy) is 2. The number of esters is 1. The van der Waals surface area contributed by atoms with Crippen LogP contribution in [-0.4, -0.2) is 62.2 Å². The van der Waals surface area contributed by atoms with Crippen LogP contribution in [0.25, 0.3) is 0 Å². The molecule has 0 saturated heterocycles. The lowest BCUT2D eigenvalue weighted by atomic mass is 9.89. The second-order valence-electron chi connectivity index (χ2n) is 5.01. The summed E-state index contributed by atoms with van der Waals surface area (Å²) in [5.74, 6) is -2.49. The number of cyclic esters (lactones) is 1. The van der Waals surface area contributed by atoms with Crippen molar-refractivity contribution in [2.75, 3.05) is 6.61 Å². The molecule has 0 amide bonds. The molecule has 4 atom stereocenters. The summed E-state index contributed by atoms with van der Waals surface area (Å²) < 4.78 is 10.0. The highest BCUT2D eigenvalue weighted by atomic mass is 16.7. The van der Waals surface area contributed by atoms with Gasteiger partial charge >= 0.3 is 5.97 Å². The van der Waals surface area contributed by atoms with E-state index < -0.39 is 48.2 Å². The Morgan fingerprint density at radius 3 is 2.43 bits per heavy atom. The molecule has 2 unspecified atom stereocenters. The van der Waals surface area contributed by atoms with Gasteiger partial charge in [-0.2, -0.15) is 0 Å². The number of aliphatic hydroxyl groups excluding tert-OH is 5. The van der Waals surface area contributed by atoms with Gasteiger partial charge in [0.15, 0.2) is 5.76 Å². The summed E-state index contributed by atoms with van der Waals surface area (Å²) in [7, 11) is 0. The molecule has 0 bridgehead atoms. The molecule has 1 rings (SSSR count). The fourth-order valence-electron chi connectivity index (χ4n) is 2.07. The third kappa shape index (κ3) is 3.46. The molecule has 21 heavy (non-hydrogen) atoms. The smallest absolute Gasteiger partial charge is 0.378 e. The Bertz CT molecular complexity index is 405. The van der Waals surface area contributed by atoms with Crippen molar-refractivity contribution < 1.29 is 39.8 Å². The van der Waals surface area contributed by atoms with Crippen LogP contribution >= 0.6 is 0 Å². The summed E-state index contributed by atoms with van der Waals surface area (Å²) in [5.41, 5.74) is -1.78. The van der Waals surface area contributed by atoms with Crippen LogP contribution in [0.5, 0.6) is 0 Å². The first-order valence-corrected chi connectivity index (χ1v) is 6.78. The van der Waals surface area contributed by atoms with E-state index in [1.54, 1.807) is 0 Å². The van der Waals surface area contributed by atoms with E-state index in [1.165, 1.54) is 6.92 Å². The summed E-state index contributed by atoms with van der Waals surface area (Å²) in [6.45, 7) is 2.38. The fourth-order valence-corrected chi connectivity index (χ4v) is 2.07. The number of carbonyl (C=O) groups excluding carboxylic acids is 1. The average Bonchev–Trinajstić information content (AvgIpc) is 2.69. The van der Waals surface area contributed by atoms with Gasteiger partial charge in [0.2, 0.25) is 17.7 Å². The maximum atomic E-state index is 11.6. The van der Waals surface area contributed by atoms with Crippen LogP contribution in [0.1, 0.15) is 33.1 Å². The van der Waals surface area contributed by atoms with E-state index in [4.69, 9.17) is 9.47 Å². The molecule has 0 saturated carbocycles. The maximum Gasteiger partial charge on any atom is 0.378 e. The third-order valence-electron chi connectivity index (χ3n) is 3.33. The highest BCUT2D eigenvalue weighted by molar-refractivity contribution is 5.90. The van der Waals surface area contributed by atoms with Gasteiger partial charge in [0.1, 0.15) is 12.2 Å². The highest BCUT2D eigenvalue weighted by Gasteiger charge is 2.55. The Kier molecular flexibility index (Phi) is 5.97. The molecule has 0 aromatic rings. The van der Waals surface area contributed by atoms with Gasteiger partial charge in [-0.25, -0.2) is 4.79 Å². The zero-order valence-corrected chi connectivity index (χ0v) is 12.0. The largest absolute Gasteiger partial charge is 0.499 e. The summed E-state index contributed by atoms with van der Waals surface area (Å²) in [6, 6.07) is 0. The van der Waals surface area contributed by atoms with Crippen LogP contribution < -0.4 is 0 Å². The minimum absolute atomic E-state index is 0.0862. The lowest BCUT2D eigenvalue weighted by Crippen LogP contribution is -2.48. The summed E-state index contributed by atoms with van der Waals surface area (Å²) in [6.07, 6.45) is -3.25. The summed E-state index contributed by atoms with van der Waals surface area (Å²) in [5, 5.41) is 47.8. The number of rotatable bonds is 8. The van der Waals surface area contributed by atoms with Crippen molar-refractivity contribution in [3.05, 3.63) is 11.5 Å². The first kappa shape index (κ1) is 17.7. The fraction of sp³-hybridized carbons (Fsp3) is 0.769. The van der Waals surface area contributed by atoms with E-state index in [-0.39, 0.29) is 6.42 Å². The molecular formula is C13H22O8. The molecule has 0 fully saturated rings. The van der Waals surface area contributed by atoms with Crippen LogP contribution in [0.2, 0.25) is 0 Å². The van der Waals surface area contributed by atoms with E-state index >= 15 is 0 Å². The standard InChI is InChI=1S/C13H22O8/c1-3-4-5-13(8(16)6-14)10(9(17)12(19)21-13)20-11(18)7(2)15/h7-8,11,14-18H,3-6H2,1-2H3/t7?,8-,11?,13+/m0/s1. The van der Waals surface area contributed by atoms with Crippen LogP contribution in [0.15, 0.2) is 11.5 Å². The molecule has 0 radical (unpaired) electrons. The zero-order chi connectivity index (χ0) is 16.2. The van der Waals surface area contributed by atoms with E-state index in [9.17, 15) is 30.3 Å². The number of unbranched alkanes of at least 4 members (excludes halogenated alkanes) is 1. The van der Waals surface area contributed by atoms with Crippen LogP contribution in [0.3, 0.4) is 0 Å². The van der Waals surface area contributed by atoms with Crippen molar-refractivity contribution in [1.82, 2.24) is 0 Å². The van der Waals surface area contributed by atoms with Gasteiger partial charge in [-0.1, -0.05) is 13.3 Å². The number of aliphatic hydroxyl groups is 5. The molecule has 0 aliphatic carbocycles. The molecule has 1 aliphatic heterocycles. The van der Waals surface area contributed by atoms with Crippen molar-refractivity contribution in [2.24, 2.45) is 0 Å². The van der Waals surface area contributed by atoms with E-state index in [0.29, 0.717) is 12.8 Å². The molecule has 0 aromatic heterocycles. The lowest BCUT2D eigenvalue weighted by Gasteiger charge is -2.34. The minimum atomic E-state index is -1.78. The zero-order valence-electron chi connectivity index (χ0n) is 12.0. The van der Waals surface area contributed by atoms with E-state index in [0.717, 1.165) is 0 Å². The SMILES string of the molecule is CCCC[C@]1([C@@H](O)CO)OC(=O)C(O)=C1OC(O)C(C)O. The molecule has 8 nitrogen and oxygen atoms in total. The van der Waals surface area contributed by atoms with Gasteiger partial charge < -0.3 is 35.0 Å². The monoisotopic (exact) mass is 306 g/mol. The van der Waals surface area contributed by atoms with E-state index in [2.05, 4.69) is 0 Å². The molecule has 8 heteroatoms. The van der Waals surface area contributed by atoms with Crippen molar-refractivity contribution in [3.63, 3.8) is 0 Å². The highest BCUT2D eigenvalue weighted by Crippen LogP contribution is 2.40. The van der Waals surface area contributed by atoms with Crippen LogP contribution in [-0.2, 0) is 14.3 Å². The second kappa shape index (κ2) is 7.08. The quantitative estimate of drug-likeness (QED) is 0.293. The predicted molar refractivity (Wildman–Crippen MR) is 69.9 cm³/mol. The number of hydrogen-bond donors (Lipinski definition) is 5. The molecule has 0 aromatic carbocycles. The van der Waals surface area contributed by atoms with Gasteiger partial charge in [0.25, 0.3) is 0 Å². The molecule has 0 spiro atoms. The van der Waals surface area contributed by atoms with Crippen LogP contribution in [0.4, 0.5) is 0 Å². The van der Waals surface area contributed by atoms with Gasteiger partial charge in [0, 0.05) is 0 Å². The Labute approximate surface area is 122 Å². The van der Waals surface area contributed by atoms with Gasteiger partial charge in [-0.15, -0.1) is 0 Å². The minimum Gasteiger partial charge on any atom is -0.499 e.